The van der Waals surface area contributed by atoms with Crippen molar-refractivity contribution in [3.63, 3.8) is 0 Å². The lowest BCUT2D eigenvalue weighted by Crippen LogP contribution is -2.21. The molecule has 2 atom stereocenters. The Kier molecular flexibility index (Phi) is 4.23. The van der Waals surface area contributed by atoms with E-state index in [9.17, 15) is 20.0 Å². The van der Waals surface area contributed by atoms with Crippen molar-refractivity contribution in [2.24, 2.45) is 0 Å². The highest BCUT2D eigenvalue weighted by atomic mass is 16.6. The molecule has 0 radical (unpaired) electrons. The van der Waals surface area contributed by atoms with E-state index >= 15 is 0 Å². The molecule has 7 nitrogen and oxygen atoms in total. The molecule has 0 saturated carbocycles. The molecule has 2 rings (SSSR count). The van der Waals surface area contributed by atoms with Crippen molar-refractivity contribution in [3.05, 3.63) is 51.3 Å². The molecule has 1 N–H and O–H groups in total. The number of rotatable bonds is 4. The van der Waals surface area contributed by atoms with Crippen molar-refractivity contribution in [2.75, 3.05) is 6.61 Å². The van der Waals surface area contributed by atoms with E-state index in [1.807, 2.05) is 0 Å². The predicted octanol–water partition coefficient (Wildman–Crippen LogP) is 1.86. The predicted molar refractivity (Wildman–Crippen MR) is 72.3 cm³/mol. The second-order valence-corrected chi connectivity index (χ2v) is 4.49. The highest BCUT2D eigenvalue weighted by Crippen LogP contribution is 2.41. The number of nitrogens with zero attached hydrogens (tertiary/aromatic N) is 1. The monoisotopic (exact) mass is 293 g/mol. The average Bonchev–Trinajstić information content (AvgIpc) is 2.73. The van der Waals surface area contributed by atoms with Crippen molar-refractivity contribution in [1.29, 1.82) is 0 Å². The van der Waals surface area contributed by atoms with E-state index in [1.54, 1.807) is 13.0 Å². The van der Waals surface area contributed by atoms with Crippen molar-refractivity contribution in [3.8, 4) is 0 Å². The first kappa shape index (κ1) is 15.0. The van der Waals surface area contributed by atoms with Gasteiger partial charge in [-0.1, -0.05) is 18.2 Å². The number of esters is 1. The minimum Gasteiger partial charge on any atom is -0.468 e. The van der Waals surface area contributed by atoms with E-state index in [-0.39, 0.29) is 29.2 Å². The summed E-state index contributed by atoms with van der Waals surface area (Å²) in [7, 11) is 0. The zero-order valence-electron chi connectivity index (χ0n) is 11.6. The minimum atomic E-state index is -1.36. The van der Waals surface area contributed by atoms with E-state index in [4.69, 9.17) is 9.47 Å². The quantitative estimate of drug-likeness (QED) is 0.517. The standard InChI is InChI=1S/C14H15NO6/c1-3-20-13(16)11-8(2)21-14(17)12(11)9-6-4-5-7-10(9)15(18)19/h4-7,12,14,17H,3H2,1-2H3/t12-,14-/m0/s1. The highest BCUT2D eigenvalue weighted by Gasteiger charge is 2.42. The molecule has 112 valence electrons. The Hall–Kier alpha value is -2.41. The summed E-state index contributed by atoms with van der Waals surface area (Å²) in [4.78, 5) is 22.6. The summed E-state index contributed by atoms with van der Waals surface area (Å²) in [5.74, 6) is -1.37. The summed E-state index contributed by atoms with van der Waals surface area (Å²) in [6, 6.07) is 5.93. The molecule has 0 bridgehead atoms. The molecule has 0 amide bonds. The maximum absolute atomic E-state index is 12.0. The fourth-order valence-corrected chi connectivity index (χ4v) is 2.38. The number of benzene rings is 1. The zero-order valence-corrected chi connectivity index (χ0v) is 11.6. The lowest BCUT2D eigenvalue weighted by Gasteiger charge is -2.16. The summed E-state index contributed by atoms with van der Waals surface area (Å²) in [5, 5.41) is 21.1. The topological polar surface area (TPSA) is 98.9 Å². The van der Waals surface area contributed by atoms with Gasteiger partial charge in [0.2, 0.25) is 6.29 Å². The van der Waals surface area contributed by atoms with E-state index in [0.29, 0.717) is 0 Å². The fraction of sp³-hybridized carbons (Fsp3) is 0.357. The van der Waals surface area contributed by atoms with E-state index in [0.717, 1.165) is 0 Å². The van der Waals surface area contributed by atoms with Gasteiger partial charge in [0.25, 0.3) is 5.69 Å². The van der Waals surface area contributed by atoms with Crippen LogP contribution in [0, 0.1) is 10.1 Å². The third-order valence-electron chi connectivity index (χ3n) is 3.24. The fourth-order valence-electron chi connectivity index (χ4n) is 2.38. The van der Waals surface area contributed by atoms with Gasteiger partial charge in [0.05, 0.1) is 23.0 Å². The van der Waals surface area contributed by atoms with Gasteiger partial charge in [-0.2, -0.15) is 0 Å². The zero-order chi connectivity index (χ0) is 15.6. The first-order valence-corrected chi connectivity index (χ1v) is 6.43. The number of allylic oxidation sites excluding steroid dienone is 1. The Morgan fingerprint density at radius 3 is 2.76 bits per heavy atom. The first-order chi connectivity index (χ1) is 9.97. The number of carbonyl (C=O) groups is 1. The van der Waals surface area contributed by atoms with Crippen LogP contribution in [0.5, 0.6) is 0 Å². The van der Waals surface area contributed by atoms with Gasteiger partial charge in [-0.15, -0.1) is 0 Å². The van der Waals surface area contributed by atoms with Gasteiger partial charge in [0, 0.05) is 11.6 Å². The van der Waals surface area contributed by atoms with Crippen molar-refractivity contribution >= 4 is 11.7 Å². The Labute approximate surface area is 120 Å². The second-order valence-electron chi connectivity index (χ2n) is 4.49. The number of carbonyl (C=O) groups excluding carboxylic acids is 1. The molecule has 0 aliphatic carbocycles. The Bertz CT molecular complexity index is 609. The second kappa shape index (κ2) is 5.92. The summed E-state index contributed by atoms with van der Waals surface area (Å²) in [6.07, 6.45) is -1.36. The lowest BCUT2D eigenvalue weighted by atomic mass is 9.90. The third kappa shape index (κ3) is 2.73. The van der Waals surface area contributed by atoms with Crippen LogP contribution >= 0.6 is 0 Å². The van der Waals surface area contributed by atoms with E-state index in [1.165, 1.54) is 25.1 Å². The van der Waals surface area contributed by atoms with Gasteiger partial charge in [0.1, 0.15) is 5.76 Å². The molecule has 1 aromatic carbocycles. The molecule has 0 spiro atoms. The van der Waals surface area contributed by atoms with Gasteiger partial charge < -0.3 is 14.6 Å². The Balaban J connectivity index is 2.51. The van der Waals surface area contributed by atoms with Crippen LogP contribution in [0.1, 0.15) is 25.3 Å². The first-order valence-electron chi connectivity index (χ1n) is 6.43. The number of nitro benzene ring substituents is 1. The highest BCUT2D eigenvalue weighted by molar-refractivity contribution is 5.91. The summed E-state index contributed by atoms with van der Waals surface area (Å²) < 4.78 is 10.1. The number of hydrogen-bond acceptors (Lipinski definition) is 6. The number of aliphatic hydroxyl groups excluding tert-OH is 1. The maximum Gasteiger partial charge on any atom is 0.338 e. The average molecular weight is 293 g/mol. The SMILES string of the molecule is CCOC(=O)C1=C(C)O[C@H](O)[C@H]1c1ccccc1[N+](=O)[O-]. The number of nitro groups is 1. The van der Waals surface area contributed by atoms with Crippen LogP contribution < -0.4 is 0 Å². The smallest absolute Gasteiger partial charge is 0.338 e. The maximum atomic E-state index is 12.0. The molecule has 0 unspecified atom stereocenters. The van der Waals surface area contributed by atoms with Gasteiger partial charge in [-0.05, 0) is 13.8 Å². The lowest BCUT2D eigenvalue weighted by molar-refractivity contribution is -0.385. The molecule has 0 fully saturated rings. The molecule has 1 aliphatic heterocycles. The summed E-state index contributed by atoms with van der Waals surface area (Å²) >= 11 is 0. The van der Waals surface area contributed by atoms with E-state index < -0.39 is 23.1 Å². The van der Waals surface area contributed by atoms with Gasteiger partial charge >= 0.3 is 5.97 Å². The van der Waals surface area contributed by atoms with Crippen LogP contribution in [0.3, 0.4) is 0 Å². The number of hydrogen-bond donors (Lipinski definition) is 1. The number of aliphatic hydroxyl groups is 1. The van der Waals surface area contributed by atoms with Gasteiger partial charge in [0.15, 0.2) is 0 Å². The van der Waals surface area contributed by atoms with Crippen LogP contribution in [-0.4, -0.2) is 28.9 Å². The minimum absolute atomic E-state index is 0.110. The third-order valence-corrected chi connectivity index (χ3v) is 3.24. The molecule has 1 aromatic rings. The van der Waals surface area contributed by atoms with Crippen molar-refractivity contribution < 1.29 is 24.3 Å². The van der Waals surface area contributed by atoms with Gasteiger partial charge in [-0.3, -0.25) is 10.1 Å². The van der Waals surface area contributed by atoms with Crippen molar-refractivity contribution in [1.82, 2.24) is 0 Å². The molecule has 7 heteroatoms. The molecular weight excluding hydrogens is 278 g/mol. The van der Waals surface area contributed by atoms with Crippen molar-refractivity contribution in [2.45, 2.75) is 26.1 Å². The van der Waals surface area contributed by atoms with Crippen LogP contribution in [0.25, 0.3) is 0 Å². The molecule has 21 heavy (non-hydrogen) atoms. The van der Waals surface area contributed by atoms with Crippen LogP contribution in [0.4, 0.5) is 5.69 Å². The molecule has 0 aromatic heterocycles. The number of para-hydroxylation sites is 1. The van der Waals surface area contributed by atoms with Gasteiger partial charge in [-0.25, -0.2) is 4.79 Å². The number of ether oxygens (including phenoxy) is 2. The van der Waals surface area contributed by atoms with Crippen LogP contribution in [-0.2, 0) is 14.3 Å². The Morgan fingerprint density at radius 1 is 1.48 bits per heavy atom. The normalized spacial score (nSPS) is 21.1. The van der Waals surface area contributed by atoms with E-state index in [2.05, 4.69) is 0 Å². The molecule has 1 heterocycles. The Morgan fingerprint density at radius 2 is 2.14 bits per heavy atom. The molecular formula is C14H15NO6. The molecule has 0 saturated heterocycles. The summed E-state index contributed by atoms with van der Waals surface area (Å²) in [6.45, 7) is 3.33. The summed E-state index contributed by atoms with van der Waals surface area (Å²) in [5.41, 5.74) is 0.148. The van der Waals surface area contributed by atoms with Crippen LogP contribution in [0.2, 0.25) is 0 Å². The largest absolute Gasteiger partial charge is 0.468 e. The van der Waals surface area contributed by atoms with Crippen LogP contribution in [0.15, 0.2) is 35.6 Å². The molecule has 1 aliphatic rings.